The lowest BCUT2D eigenvalue weighted by Gasteiger charge is -2.11. The fourth-order valence-corrected chi connectivity index (χ4v) is 2.00. The number of allylic oxidation sites excluding steroid dienone is 2. The molecule has 0 spiro atoms. The second-order valence-electron chi connectivity index (χ2n) is 3.72. The van der Waals surface area contributed by atoms with E-state index in [-0.39, 0.29) is 17.3 Å². The molecule has 0 saturated carbocycles. The van der Waals surface area contributed by atoms with E-state index in [1.165, 1.54) is 13.2 Å². The van der Waals surface area contributed by atoms with Gasteiger partial charge in [-0.15, -0.1) is 0 Å². The summed E-state index contributed by atoms with van der Waals surface area (Å²) in [5, 5.41) is 0. The molecule has 4 nitrogen and oxygen atoms in total. The lowest BCUT2D eigenvalue weighted by Crippen LogP contribution is -2.19. The van der Waals surface area contributed by atoms with Gasteiger partial charge < -0.3 is 9.30 Å². The van der Waals surface area contributed by atoms with E-state index in [2.05, 4.69) is 0 Å². The van der Waals surface area contributed by atoms with Crippen molar-refractivity contribution < 1.29 is 14.3 Å². The fourth-order valence-electron chi connectivity index (χ4n) is 2.00. The van der Waals surface area contributed by atoms with Crippen LogP contribution in [0.5, 0.6) is 0 Å². The van der Waals surface area contributed by atoms with Crippen LogP contribution < -0.4 is 0 Å². The van der Waals surface area contributed by atoms with Gasteiger partial charge in [-0.2, -0.15) is 0 Å². The van der Waals surface area contributed by atoms with Crippen molar-refractivity contribution in [2.45, 2.75) is 27.2 Å². The molecule has 0 aliphatic heterocycles. The lowest BCUT2D eigenvalue weighted by atomic mass is 10.0. The number of nitrogens with zero attached hydrogens (tertiary/aromatic N) is 1. The molecule has 0 radical (unpaired) electrons. The molecule has 0 aromatic carbocycles. The highest BCUT2D eigenvalue weighted by molar-refractivity contribution is 6.23. The van der Waals surface area contributed by atoms with Gasteiger partial charge in [-0.1, -0.05) is 20.8 Å². The van der Waals surface area contributed by atoms with E-state index in [1.54, 1.807) is 17.7 Å². The van der Waals surface area contributed by atoms with E-state index in [4.69, 9.17) is 4.74 Å². The molecule has 1 aliphatic carbocycles. The minimum Gasteiger partial charge on any atom is -0.492 e. The van der Waals surface area contributed by atoms with Gasteiger partial charge in [0.25, 0.3) is 0 Å². The van der Waals surface area contributed by atoms with Gasteiger partial charge >= 0.3 is 0 Å². The van der Waals surface area contributed by atoms with Gasteiger partial charge in [-0.3, -0.25) is 9.59 Å². The van der Waals surface area contributed by atoms with Gasteiger partial charge in [-0.25, -0.2) is 0 Å². The number of rotatable bonds is 2. The summed E-state index contributed by atoms with van der Waals surface area (Å²) >= 11 is 0. The fraction of sp³-hybridized carbons (Fsp3) is 0.429. The number of carbonyl (C=O) groups is 2. The van der Waals surface area contributed by atoms with E-state index in [0.29, 0.717) is 11.3 Å². The summed E-state index contributed by atoms with van der Waals surface area (Å²) in [5.41, 5.74) is 1.88. The highest BCUT2D eigenvalue weighted by Gasteiger charge is 2.30. The molecule has 1 aliphatic rings. The Morgan fingerprint density at radius 1 is 1.28 bits per heavy atom. The molecule has 2 rings (SSSR count). The Bertz CT molecular complexity index is 509. The molecule has 1 aromatic heterocycles. The van der Waals surface area contributed by atoms with Crippen molar-refractivity contribution in [1.82, 2.24) is 4.57 Å². The van der Waals surface area contributed by atoms with Crippen LogP contribution in [0.4, 0.5) is 0 Å². The van der Waals surface area contributed by atoms with Gasteiger partial charge in [0.15, 0.2) is 5.76 Å². The number of carbonyl (C=O) groups excluding carboxylic acids is 2. The van der Waals surface area contributed by atoms with E-state index in [9.17, 15) is 9.59 Å². The zero-order chi connectivity index (χ0) is 13.9. The number of aromatic nitrogens is 1. The van der Waals surface area contributed by atoms with Gasteiger partial charge in [-0.05, 0) is 12.5 Å². The highest BCUT2D eigenvalue weighted by Crippen LogP contribution is 2.24. The average Bonchev–Trinajstić information content (AvgIpc) is 2.74. The van der Waals surface area contributed by atoms with Crippen molar-refractivity contribution in [3.05, 3.63) is 34.9 Å². The first-order valence-electron chi connectivity index (χ1n) is 6.13. The van der Waals surface area contributed by atoms with Crippen LogP contribution in [-0.2, 0) is 18.2 Å². The smallest absolute Gasteiger partial charge is 0.229 e. The zero-order valence-electron chi connectivity index (χ0n) is 11.5. The largest absolute Gasteiger partial charge is 0.492 e. The Kier molecular flexibility index (Phi) is 4.48. The summed E-state index contributed by atoms with van der Waals surface area (Å²) in [6.07, 6.45) is 2.04. The normalized spacial score (nSPS) is 13.5. The molecule has 0 fully saturated rings. The Hall–Kier alpha value is -1.84. The third kappa shape index (κ3) is 2.10. The van der Waals surface area contributed by atoms with Gasteiger partial charge in [0, 0.05) is 18.8 Å². The molecule has 98 valence electrons. The Labute approximate surface area is 107 Å². The molecule has 18 heavy (non-hydrogen) atoms. The maximum Gasteiger partial charge on any atom is 0.229 e. The molecule has 0 saturated heterocycles. The molecule has 4 heteroatoms. The third-order valence-corrected chi connectivity index (χ3v) is 2.88. The molecular weight excluding hydrogens is 230 g/mol. The predicted octanol–water partition coefficient (Wildman–Crippen LogP) is 2.52. The zero-order valence-corrected chi connectivity index (χ0v) is 11.5. The number of fused-ring (bicyclic) bond motifs is 1. The lowest BCUT2D eigenvalue weighted by molar-refractivity contribution is 0.0914. The summed E-state index contributed by atoms with van der Waals surface area (Å²) in [5.74, 6) is -0.271. The van der Waals surface area contributed by atoms with Crippen molar-refractivity contribution in [2.75, 3.05) is 7.11 Å². The number of hydrogen-bond donors (Lipinski definition) is 0. The van der Waals surface area contributed by atoms with Crippen LogP contribution in [0.2, 0.25) is 0 Å². The maximum absolute atomic E-state index is 11.9. The monoisotopic (exact) mass is 249 g/mol. The molecule has 0 amide bonds. The van der Waals surface area contributed by atoms with Crippen LogP contribution in [0.15, 0.2) is 17.9 Å². The molecule has 0 bridgehead atoms. The topological polar surface area (TPSA) is 48.3 Å². The number of methoxy groups -OCH3 is 1. The maximum atomic E-state index is 11.9. The first-order valence-corrected chi connectivity index (χ1v) is 6.13. The van der Waals surface area contributed by atoms with E-state index in [0.717, 1.165) is 12.1 Å². The number of ether oxygens (including phenoxy) is 1. The van der Waals surface area contributed by atoms with E-state index in [1.807, 2.05) is 20.8 Å². The van der Waals surface area contributed by atoms with Crippen LogP contribution in [0.3, 0.4) is 0 Å². The summed E-state index contributed by atoms with van der Waals surface area (Å²) < 4.78 is 6.67. The Balaban J connectivity index is 0.000000771. The number of Topliss-reactive ketones (excluding diaryl/α,β-unsaturated/α-hetero) is 1. The summed E-state index contributed by atoms with van der Waals surface area (Å²) in [6, 6.07) is 1.77. The Morgan fingerprint density at radius 2 is 1.89 bits per heavy atom. The number of hydrogen-bond acceptors (Lipinski definition) is 3. The van der Waals surface area contributed by atoms with Gasteiger partial charge in [0.2, 0.25) is 11.6 Å². The Morgan fingerprint density at radius 3 is 2.39 bits per heavy atom. The summed E-state index contributed by atoms with van der Waals surface area (Å²) in [4.78, 5) is 23.7. The number of aryl methyl sites for hydroxylation is 1. The minimum absolute atomic E-state index is 0.116. The van der Waals surface area contributed by atoms with E-state index >= 15 is 0 Å². The van der Waals surface area contributed by atoms with E-state index < -0.39 is 0 Å². The molecular formula is C14H19NO3. The van der Waals surface area contributed by atoms with Crippen molar-refractivity contribution in [1.29, 1.82) is 0 Å². The predicted molar refractivity (Wildman–Crippen MR) is 69.9 cm³/mol. The van der Waals surface area contributed by atoms with Crippen molar-refractivity contribution in [3.63, 3.8) is 0 Å². The van der Waals surface area contributed by atoms with Crippen LogP contribution in [0, 0.1) is 0 Å². The molecule has 1 aromatic rings. The quantitative estimate of drug-likeness (QED) is 0.809. The minimum atomic E-state index is -0.215. The summed E-state index contributed by atoms with van der Waals surface area (Å²) in [7, 11) is 3.19. The SMILES string of the molecule is CC.CCc1cc2c(n1C)C(=O)C=C(OC)C2=O. The summed E-state index contributed by atoms with van der Waals surface area (Å²) in [6.45, 7) is 5.99. The molecule has 0 atom stereocenters. The first-order chi connectivity index (χ1) is 8.60. The number of ketones is 2. The van der Waals surface area contributed by atoms with Crippen LogP contribution in [0.25, 0.3) is 0 Å². The second kappa shape index (κ2) is 5.67. The van der Waals surface area contributed by atoms with Gasteiger partial charge in [0.1, 0.15) is 5.69 Å². The molecule has 0 unspecified atom stereocenters. The molecule has 1 heterocycles. The standard InChI is InChI=1S/C12H13NO3.C2H6/c1-4-7-5-8-11(13(7)2)9(14)6-10(16-3)12(8)15;1-2/h5-6H,4H2,1-3H3;1-2H3. The first kappa shape index (κ1) is 14.2. The molecule has 0 N–H and O–H groups in total. The van der Waals surface area contributed by atoms with Crippen molar-refractivity contribution in [2.24, 2.45) is 7.05 Å². The van der Waals surface area contributed by atoms with Crippen molar-refractivity contribution in [3.8, 4) is 0 Å². The van der Waals surface area contributed by atoms with Gasteiger partial charge in [0.05, 0.1) is 12.7 Å². The van der Waals surface area contributed by atoms with Crippen LogP contribution in [-0.4, -0.2) is 23.2 Å². The van der Waals surface area contributed by atoms with Crippen LogP contribution >= 0.6 is 0 Å². The van der Waals surface area contributed by atoms with Crippen LogP contribution in [0.1, 0.15) is 47.3 Å². The highest BCUT2D eigenvalue weighted by atomic mass is 16.5. The third-order valence-electron chi connectivity index (χ3n) is 2.88. The van der Waals surface area contributed by atoms with Crippen molar-refractivity contribution >= 4 is 11.6 Å². The second-order valence-corrected chi connectivity index (χ2v) is 3.72. The average molecular weight is 249 g/mol.